The first-order chi connectivity index (χ1) is 9.63. The van der Waals surface area contributed by atoms with Gasteiger partial charge in [-0.2, -0.15) is 0 Å². The van der Waals surface area contributed by atoms with E-state index in [1.165, 1.54) is 18.2 Å². The molecule has 0 saturated carbocycles. The van der Waals surface area contributed by atoms with Crippen LogP contribution in [0.5, 0.6) is 5.75 Å². The zero-order chi connectivity index (χ0) is 14.5. The highest BCUT2D eigenvalue weighted by Gasteiger charge is 2.25. The number of para-hydroxylation sites is 1. The molecule has 1 amide bonds. The predicted octanol–water partition coefficient (Wildman–Crippen LogP) is 1.09. The quantitative estimate of drug-likeness (QED) is 0.621. The van der Waals surface area contributed by atoms with Crippen LogP contribution in [0, 0.1) is 10.1 Å². The van der Waals surface area contributed by atoms with Crippen LogP contribution in [0.15, 0.2) is 18.2 Å². The summed E-state index contributed by atoms with van der Waals surface area (Å²) in [5.41, 5.74) is 0.0111. The van der Waals surface area contributed by atoms with Crippen molar-refractivity contribution >= 4 is 11.6 Å². The van der Waals surface area contributed by atoms with Gasteiger partial charge in [-0.15, -0.1) is 0 Å². The second kappa shape index (κ2) is 6.33. The van der Waals surface area contributed by atoms with Gasteiger partial charge < -0.3 is 15.4 Å². The molecule has 108 valence electrons. The van der Waals surface area contributed by atoms with Gasteiger partial charge in [0.25, 0.3) is 5.91 Å². The summed E-state index contributed by atoms with van der Waals surface area (Å²) in [6.07, 6.45) is 0.852. The molecule has 0 aromatic heterocycles. The molecular formula is C13H17N3O4. The number of nitrogens with one attached hydrogen (secondary N) is 2. The van der Waals surface area contributed by atoms with Crippen molar-refractivity contribution in [3.8, 4) is 5.75 Å². The van der Waals surface area contributed by atoms with Crippen molar-refractivity contribution in [2.75, 3.05) is 19.7 Å². The summed E-state index contributed by atoms with van der Waals surface area (Å²) < 4.78 is 5.30. The molecular weight excluding hydrogens is 262 g/mol. The number of ether oxygens (including phenoxy) is 1. The number of nitro benzene ring substituents is 1. The number of rotatable bonds is 5. The lowest BCUT2D eigenvalue weighted by Crippen LogP contribution is -2.36. The molecule has 20 heavy (non-hydrogen) atoms. The highest BCUT2D eigenvalue weighted by molar-refractivity contribution is 5.98. The lowest BCUT2D eigenvalue weighted by atomic mass is 10.1. The van der Waals surface area contributed by atoms with Gasteiger partial charge in [-0.05, 0) is 26.0 Å². The van der Waals surface area contributed by atoms with Crippen molar-refractivity contribution in [3.05, 3.63) is 33.9 Å². The lowest BCUT2D eigenvalue weighted by molar-refractivity contribution is -0.385. The Morgan fingerprint density at radius 3 is 3.00 bits per heavy atom. The smallest absolute Gasteiger partial charge is 0.311 e. The van der Waals surface area contributed by atoms with Crippen LogP contribution in [-0.2, 0) is 0 Å². The number of nitro groups is 1. The molecule has 1 saturated heterocycles. The minimum Gasteiger partial charge on any atom is -0.487 e. The molecule has 7 nitrogen and oxygen atoms in total. The van der Waals surface area contributed by atoms with E-state index < -0.39 is 4.92 Å². The first-order valence-corrected chi connectivity index (χ1v) is 6.55. The predicted molar refractivity (Wildman–Crippen MR) is 73.0 cm³/mol. The first-order valence-electron chi connectivity index (χ1n) is 6.55. The van der Waals surface area contributed by atoms with Gasteiger partial charge in [0.1, 0.15) is 0 Å². The Morgan fingerprint density at radius 1 is 1.60 bits per heavy atom. The van der Waals surface area contributed by atoms with Crippen molar-refractivity contribution in [2.45, 2.75) is 19.4 Å². The van der Waals surface area contributed by atoms with Crippen molar-refractivity contribution in [1.82, 2.24) is 10.6 Å². The highest BCUT2D eigenvalue weighted by atomic mass is 16.6. The molecule has 0 spiro atoms. The van der Waals surface area contributed by atoms with E-state index in [-0.39, 0.29) is 35.6 Å². The lowest BCUT2D eigenvalue weighted by Gasteiger charge is -2.14. The van der Waals surface area contributed by atoms with E-state index in [1.807, 2.05) is 0 Å². The number of hydrogen-bond acceptors (Lipinski definition) is 5. The van der Waals surface area contributed by atoms with Crippen molar-refractivity contribution in [2.24, 2.45) is 0 Å². The third-order valence-corrected chi connectivity index (χ3v) is 3.12. The van der Waals surface area contributed by atoms with Crippen molar-refractivity contribution in [3.63, 3.8) is 0 Å². The molecule has 2 N–H and O–H groups in total. The average Bonchev–Trinajstić information content (AvgIpc) is 2.91. The number of amides is 1. The minimum atomic E-state index is -0.543. The number of benzene rings is 1. The van der Waals surface area contributed by atoms with Crippen molar-refractivity contribution < 1.29 is 14.5 Å². The Hall–Kier alpha value is -2.15. The Bertz CT molecular complexity index is 512. The van der Waals surface area contributed by atoms with Gasteiger partial charge in [-0.25, -0.2) is 0 Å². The standard InChI is InChI=1S/C13H17N3O4/c1-2-20-12-10(4-3-5-11(12)16(18)19)13(17)15-9-6-7-14-8-9/h3-5,9,14H,2,6-8H2,1H3,(H,15,17)/t9-/m1/s1. The molecule has 1 aromatic rings. The van der Waals surface area contributed by atoms with Crippen LogP contribution >= 0.6 is 0 Å². The van der Waals surface area contributed by atoms with E-state index in [0.29, 0.717) is 6.54 Å². The molecule has 1 aliphatic heterocycles. The summed E-state index contributed by atoms with van der Waals surface area (Å²) in [5.74, 6) is -0.311. The van der Waals surface area contributed by atoms with Gasteiger partial charge >= 0.3 is 5.69 Å². The summed E-state index contributed by atoms with van der Waals surface area (Å²) in [5, 5.41) is 17.0. The first kappa shape index (κ1) is 14.3. The molecule has 7 heteroatoms. The highest BCUT2D eigenvalue weighted by Crippen LogP contribution is 2.31. The van der Waals surface area contributed by atoms with Gasteiger partial charge in [-0.1, -0.05) is 6.07 Å². The van der Waals surface area contributed by atoms with E-state index in [9.17, 15) is 14.9 Å². The van der Waals surface area contributed by atoms with E-state index in [4.69, 9.17) is 4.74 Å². The van der Waals surface area contributed by atoms with Crippen molar-refractivity contribution in [1.29, 1.82) is 0 Å². The minimum absolute atomic E-state index is 0.0310. The maximum Gasteiger partial charge on any atom is 0.311 e. The van der Waals surface area contributed by atoms with Crippen LogP contribution in [0.3, 0.4) is 0 Å². The molecule has 0 aliphatic carbocycles. The third kappa shape index (κ3) is 3.05. The summed E-state index contributed by atoms with van der Waals surface area (Å²) in [6.45, 7) is 3.55. The van der Waals surface area contributed by atoms with E-state index in [2.05, 4.69) is 10.6 Å². The fourth-order valence-corrected chi connectivity index (χ4v) is 2.18. The summed E-state index contributed by atoms with van der Waals surface area (Å²) in [7, 11) is 0. The third-order valence-electron chi connectivity index (χ3n) is 3.12. The molecule has 1 heterocycles. The molecule has 1 atom stereocenters. The number of carbonyl (C=O) groups is 1. The number of carbonyl (C=O) groups excluding carboxylic acids is 1. The second-order valence-electron chi connectivity index (χ2n) is 4.51. The van der Waals surface area contributed by atoms with Crippen LogP contribution in [0.25, 0.3) is 0 Å². The van der Waals surface area contributed by atoms with Gasteiger partial charge in [0, 0.05) is 18.7 Å². The average molecular weight is 279 g/mol. The maximum atomic E-state index is 12.2. The van der Waals surface area contributed by atoms with E-state index in [0.717, 1.165) is 13.0 Å². The normalized spacial score (nSPS) is 17.8. The van der Waals surface area contributed by atoms with Crippen LogP contribution in [0.4, 0.5) is 5.69 Å². The topological polar surface area (TPSA) is 93.5 Å². The van der Waals surface area contributed by atoms with E-state index in [1.54, 1.807) is 6.92 Å². The van der Waals surface area contributed by atoms with Gasteiger partial charge in [0.15, 0.2) is 0 Å². The number of hydrogen-bond donors (Lipinski definition) is 2. The zero-order valence-corrected chi connectivity index (χ0v) is 11.2. The SMILES string of the molecule is CCOc1c(C(=O)N[C@@H]2CCNC2)cccc1[N+](=O)[O-]. The monoisotopic (exact) mass is 279 g/mol. The Balaban J connectivity index is 2.26. The molecule has 0 unspecified atom stereocenters. The molecule has 1 fully saturated rings. The molecule has 0 bridgehead atoms. The maximum absolute atomic E-state index is 12.2. The summed E-state index contributed by atoms with van der Waals surface area (Å²) in [4.78, 5) is 22.7. The largest absolute Gasteiger partial charge is 0.487 e. The number of nitrogens with zero attached hydrogens (tertiary/aromatic N) is 1. The van der Waals surface area contributed by atoms with Gasteiger partial charge in [0.2, 0.25) is 5.75 Å². The Morgan fingerprint density at radius 2 is 2.40 bits per heavy atom. The Labute approximate surface area is 116 Å². The van der Waals surface area contributed by atoms with E-state index >= 15 is 0 Å². The van der Waals surface area contributed by atoms with Crippen LogP contribution < -0.4 is 15.4 Å². The fraction of sp³-hybridized carbons (Fsp3) is 0.462. The molecule has 0 radical (unpaired) electrons. The molecule has 2 rings (SSSR count). The summed E-state index contributed by atoms with van der Waals surface area (Å²) in [6, 6.07) is 4.41. The van der Waals surface area contributed by atoms with Gasteiger partial charge in [0.05, 0.1) is 17.1 Å². The van der Waals surface area contributed by atoms with Crippen LogP contribution in [0.1, 0.15) is 23.7 Å². The fourth-order valence-electron chi connectivity index (χ4n) is 2.18. The van der Waals surface area contributed by atoms with Crippen LogP contribution in [0.2, 0.25) is 0 Å². The molecule has 1 aliphatic rings. The van der Waals surface area contributed by atoms with Gasteiger partial charge in [-0.3, -0.25) is 14.9 Å². The molecule has 1 aromatic carbocycles. The Kier molecular flexibility index (Phi) is 4.52. The second-order valence-corrected chi connectivity index (χ2v) is 4.51. The summed E-state index contributed by atoms with van der Waals surface area (Å²) >= 11 is 0. The zero-order valence-electron chi connectivity index (χ0n) is 11.2. The van der Waals surface area contributed by atoms with Crippen LogP contribution in [-0.4, -0.2) is 36.6 Å².